The minimum atomic E-state index is -0.952. The zero-order valence-electron chi connectivity index (χ0n) is 13.1. The highest BCUT2D eigenvalue weighted by atomic mass is 32.1. The Morgan fingerprint density at radius 2 is 1.83 bits per heavy atom. The van der Waals surface area contributed by atoms with Gasteiger partial charge >= 0.3 is 5.97 Å². The summed E-state index contributed by atoms with van der Waals surface area (Å²) < 4.78 is 13.0. The Labute approximate surface area is 138 Å². The lowest BCUT2D eigenvalue weighted by molar-refractivity contribution is -0.141. The molecule has 0 saturated heterocycles. The third-order valence-electron chi connectivity index (χ3n) is 3.80. The molecule has 1 amide bonds. The van der Waals surface area contributed by atoms with Crippen molar-refractivity contribution >= 4 is 23.2 Å². The van der Waals surface area contributed by atoms with Gasteiger partial charge in [0.15, 0.2) is 0 Å². The summed E-state index contributed by atoms with van der Waals surface area (Å²) in [5.74, 6) is -2.23. The van der Waals surface area contributed by atoms with Crippen LogP contribution in [0.3, 0.4) is 0 Å². The standard InChI is InChI=1S/C17H18FNO3S/c1-9(17(21)22)10(2)19-16(20)15-8-14(11(3)23-15)12-4-6-13(18)7-5-12/h4-10H,1-3H3,(H,19,20)(H,21,22). The van der Waals surface area contributed by atoms with Crippen LogP contribution < -0.4 is 5.32 Å². The van der Waals surface area contributed by atoms with Crippen LogP contribution in [0.15, 0.2) is 30.3 Å². The van der Waals surface area contributed by atoms with Crippen LogP contribution in [-0.4, -0.2) is 23.0 Å². The summed E-state index contributed by atoms with van der Waals surface area (Å²) in [4.78, 5) is 24.7. The van der Waals surface area contributed by atoms with Crippen molar-refractivity contribution in [3.63, 3.8) is 0 Å². The normalized spacial score (nSPS) is 13.4. The Bertz CT molecular complexity index is 724. The van der Waals surface area contributed by atoms with E-state index < -0.39 is 17.9 Å². The van der Waals surface area contributed by atoms with Crippen molar-refractivity contribution in [2.75, 3.05) is 0 Å². The molecule has 4 nitrogen and oxygen atoms in total. The first-order valence-corrected chi connectivity index (χ1v) is 8.01. The van der Waals surface area contributed by atoms with Crippen LogP contribution in [0.2, 0.25) is 0 Å². The van der Waals surface area contributed by atoms with E-state index in [0.717, 1.165) is 16.0 Å². The number of carboxylic acid groups (broad SMARTS) is 1. The number of nitrogens with one attached hydrogen (secondary N) is 1. The number of carbonyl (C=O) groups is 2. The Kier molecular flexibility index (Phi) is 5.15. The molecular weight excluding hydrogens is 317 g/mol. The number of hydrogen-bond acceptors (Lipinski definition) is 3. The molecule has 0 spiro atoms. The number of benzene rings is 1. The topological polar surface area (TPSA) is 66.4 Å². The van der Waals surface area contributed by atoms with Crippen molar-refractivity contribution in [2.24, 2.45) is 5.92 Å². The highest BCUT2D eigenvalue weighted by Gasteiger charge is 2.22. The number of carbonyl (C=O) groups excluding carboxylic acids is 1. The molecule has 2 unspecified atom stereocenters. The number of hydrogen-bond donors (Lipinski definition) is 2. The summed E-state index contributed by atoms with van der Waals surface area (Å²) in [5, 5.41) is 11.7. The molecule has 1 heterocycles. The molecule has 0 saturated carbocycles. The number of halogens is 1. The highest BCUT2D eigenvalue weighted by Crippen LogP contribution is 2.31. The van der Waals surface area contributed by atoms with Gasteiger partial charge in [-0.15, -0.1) is 11.3 Å². The minimum absolute atomic E-state index is 0.299. The lowest BCUT2D eigenvalue weighted by atomic mass is 10.0. The van der Waals surface area contributed by atoms with Gasteiger partial charge in [-0.05, 0) is 50.1 Å². The molecule has 2 N–H and O–H groups in total. The van der Waals surface area contributed by atoms with Crippen LogP contribution in [0, 0.1) is 18.7 Å². The van der Waals surface area contributed by atoms with Gasteiger partial charge in [0.2, 0.25) is 0 Å². The zero-order chi connectivity index (χ0) is 17.1. The molecule has 0 radical (unpaired) electrons. The summed E-state index contributed by atoms with van der Waals surface area (Å²) in [6, 6.07) is 7.37. The number of rotatable bonds is 5. The second kappa shape index (κ2) is 6.91. The predicted octanol–water partition coefficient (Wildman–Crippen LogP) is 3.70. The second-order valence-electron chi connectivity index (χ2n) is 5.48. The van der Waals surface area contributed by atoms with Crippen molar-refractivity contribution in [1.29, 1.82) is 0 Å². The van der Waals surface area contributed by atoms with Gasteiger partial charge < -0.3 is 10.4 Å². The smallest absolute Gasteiger partial charge is 0.308 e. The van der Waals surface area contributed by atoms with Gasteiger partial charge in [0.25, 0.3) is 5.91 Å². The van der Waals surface area contributed by atoms with E-state index in [4.69, 9.17) is 5.11 Å². The maximum atomic E-state index is 13.0. The van der Waals surface area contributed by atoms with Gasteiger partial charge in [0, 0.05) is 10.9 Å². The zero-order valence-corrected chi connectivity index (χ0v) is 13.9. The molecule has 1 aromatic heterocycles. The van der Waals surface area contributed by atoms with Crippen LogP contribution in [0.1, 0.15) is 28.4 Å². The minimum Gasteiger partial charge on any atom is -0.481 e. The Morgan fingerprint density at radius 1 is 1.22 bits per heavy atom. The van der Waals surface area contributed by atoms with Gasteiger partial charge in [-0.2, -0.15) is 0 Å². The summed E-state index contributed by atoms with van der Waals surface area (Å²) >= 11 is 1.33. The fourth-order valence-corrected chi connectivity index (χ4v) is 3.07. The fourth-order valence-electron chi connectivity index (χ4n) is 2.13. The molecule has 0 aliphatic heterocycles. The molecule has 0 fully saturated rings. The molecular formula is C17H18FNO3S. The molecule has 6 heteroatoms. The monoisotopic (exact) mass is 335 g/mol. The quantitative estimate of drug-likeness (QED) is 0.875. The number of aryl methyl sites for hydroxylation is 1. The third-order valence-corrected chi connectivity index (χ3v) is 4.84. The van der Waals surface area contributed by atoms with E-state index in [2.05, 4.69) is 5.32 Å². The first-order valence-electron chi connectivity index (χ1n) is 7.19. The van der Waals surface area contributed by atoms with Crippen molar-refractivity contribution in [2.45, 2.75) is 26.8 Å². The molecule has 2 rings (SSSR count). The summed E-state index contributed by atoms with van der Waals surface area (Å²) in [6.45, 7) is 5.11. The maximum Gasteiger partial charge on any atom is 0.308 e. The number of amides is 1. The number of carboxylic acids is 1. The molecule has 2 aromatic rings. The van der Waals surface area contributed by atoms with E-state index >= 15 is 0 Å². The van der Waals surface area contributed by atoms with Crippen molar-refractivity contribution < 1.29 is 19.1 Å². The molecule has 0 bridgehead atoms. The third kappa shape index (κ3) is 3.96. The van der Waals surface area contributed by atoms with E-state index in [0.29, 0.717) is 4.88 Å². The van der Waals surface area contributed by atoms with Crippen LogP contribution >= 0.6 is 11.3 Å². The van der Waals surface area contributed by atoms with Crippen molar-refractivity contribution in [1.82, 2.24) is 5.32 Å². The van der Waals surface area contributed by atoms with Crippen LogP contribution in [0.5, 0.6) is 0 Å². The van der Waals surface area contributed by atoms with E-state index in [1.165, 1.54) is 23.5 Å². The average molecular weight is 335 g/mol. The van der Waals surface area contributed by atoms with E-state index in [1.807, 2.05) is 6.92 Å². The van der Waals surface area contributed by atoms with E-state index in [1.54, 1.807) is 32.0 Å². The van der Waals surface area contributed by atoms with Gasteiger partial charge in [-0.25, -0.2) is 4.39 Å². The molecule has 23 heavy (non-hydrogen) atoms. The van der Waals surface area contributed by atoms with Crippen LogP contribution in [0.25, 0.3) is 11.1 Å². The highest BCUT2D eigenvalue weighted by molar-refractivity contribution is 7.14. The van der Waals surface area contributed by atoms with Gasteiger partial charge in [-0.3, -0.25) is 9.59 Å². The van der Waals surface area contributed by atoms with Gasteiger partial charge in [0.1, 0.15) is 5.82 Å². The SMILES string of the molecule is Cc1sc(C(=O)NC(C)C(C)C(=O)O)cc1-c1ccc(F)cc1. The predicted molar refractivity (Wildman–Crippen MR) is 88.2 cm³/mol. The lowest BCUT2D eigenvalue weighted by Gasteiger charge is -2.17. The summed E-state index contributed by atoms with van der Waals surface area (Å²) in [7, 11) is 0. The second-order valence-corrected chi connectivity index (χ2v) is 6.73. The molecule has 1 aromatic carbocycles. The summed E-state index contributed by atoms with van der Waals surface area (Å²) in [5.41, 5.74) is 1.71. The van der Waals surface area contributed by atoms with Crippen LogP contribution in [-0.2, 0) is 4.79 Å². The van der Waals surface area contributed by atoms with Crippen molar-refractivity contribution in [3.8, 4) is 11.1 Å². The largest absolute Gasteiger partial charge is 0.481 e. The number of thiophene rings is 1. The Hall–Kier alpha value is -2.21. The van der Waals surface area contributed by atoms with E-state index in [-0.39, 0.29) is 11.7 Å². The molecule has 122 valence electrons. The maximum absolute atomic E-state index is 13.0. The molecule has 0 aliphatic carbocycles. The molecule has 2 atom stereocenters. The first-order chi connectivity index (χ1) is 10.8. The Morgan fingerprint density at radius 3 is 2.39 bits per heavy atom. The lowest BCUT2D eigenvalue weighted by Crippen LogP contribution is -2.39. The average Bonchev–Trinajstić information content (AvgIpc) is 2.89. The van der Waals surface area contributed by atoms with Gasteiger partial charge in [-0.1, -0.05) is 12.1 Å². The van der Waals surface area contributed by atoms with Gasteiger partial charge in [0.05, 0.1) is 10.8 Å². The Balaban J connectivity index is 2.18. The first kappa shape index (κ1) is 17.1. The van der Waals surface area contributed by atoms with E-state index in [9.17, 15) is 14.0 Å². The fraction of sp³-hybridized carbons (Fsp3) is 0.294. The number of aliphatic carboxylic acids is 1. The summed E-state index contributed by atoms with van der Waals surface area (Å²) in [6.07, 6.45) is 0. The molecule has 0 aliphatic rings. The van der Waals surface area contributed by atoms with Crippen molar-refractivity contribution in [3.05, 3.63) is 45.9 Å². The van der Waals surface area contributed by atoms with Crippen LogP contribution in [0.4, 0.5) is 4.39 Å².